The molecule has 0 radical (unpaired) electrons. The lowest BCUT2D eigenvalue weighted by atomic mass is 9.91. The van der Waals surface area contributed by atoms with E-state index in [0.29, 0.717) is 5.84 Å². The summed E-state index contributed by atoms with van der Waals surface area (Å²) < 4.78 is 5.26. The second kappa shape index (κ2) is 9.42. The number of amides is 2. The van der Waals surface area contributed by atoms with Crippen LogP contribution in [0.3, 0.4) is 0 Å². The van der Waals surface area contributed by atoms with Crippen LogP contribution in [0.25, 0.3) is 10.4 Å². The van der Waals surface area contributed by atoms with E-state index in [4.69, 9.17) is 9.52 Å². The number of nitrogens with one attached hydrogen (secondary N) is 2. The van der Waals surface area contributed by atoms with Crippen molar-refractivity contribution in [2.75, 3.05) is 6.54 Å². The molecule has 2 amide bonds. The summed E-state index contributed by atoms with van der Waals surface area (Å²) in [4.78, 5) is 46.0. The summed E-state index contributed by atoms with van der Waals surface area (Å²) in [5, 5.41) is 17.7. The Balaban J connectivity index is 1.44. The molecular weight excluding hydrogens is 492 g/mol. The van der Waals surface area contributed by atoms with Crippen molar-refractivity contribution in [3.05, 3.63) is 69.0 Å². The number of benzene rings is 1. The van der Waals surface area contributed by atoms with Crippen LogP contribution in [-0.4, -0.2) is 51.5 Å². The predicted molar refractivity (Wildman–Crippen MR) is 140 cm³/mol. The molecule has 1 fully saturated rings. The van der Waals surface area contributed by atoms with Crippen LogP contribution in [0.5, 0.6) is 0 Å². The molecule has 37 heavy (non-hydrogen) atoms. The Morgan fingerprint density at radius 1 is 1.24 bits per heavy atom. The molecule has 1 aromatic carbocycles. The molecule has 5 rings (SSSR count). The first-order chi connectivity index (χ1) is 17.6. The van der Waals surface area contributed by atoms with Gasteiger partial charge in [0.15, 0.2) is 11.3 Å². The van der Waals surface area contributed by atoms with Gasteiger partial charge in [0.05, 0.1) is 12.1 Å². The first kappa shape index (κ1) is 25.2. The maximum absolute atomic E-state index is 13.7. The fraction of sp³-hybridized carbons (Fsp3) is 0.407. The number of nitrogens with zero attached hydrogens (tertiary/aromatic N) is 2. The van der Waals surface area contributed by atoms with E-state index in [0.717, 1.165) is 11.1 Å². The van der Waals surface area contributed by atoms with Crippen LogP contribution < -0.4 is 10.9 Å². The molecule has 0 aliphatic carbocycles. The van der Waals surface area contributed by atoms with Crippen molar-refractivity contribution in [2.24, 2.45) is 10.9 Å². The topological polar surface area (TPSA) is 128 Å². The third kappa shape index (κ3) is 4.44. The van der Waals surface area contributed by atoms with Gasteiger partial charge in [0, 0.05) is 23.9 Å². The third-order valence-corrected chi connectivity index (χ3v) is 8.32. The molecule has 2 aliphatic heterocycles. The standard InChI is InChI=1S/C27H30N4O5S/c1-14(2)22(20-12-21(33)30-36-20)25(34)31-13-18(32)11-19(31)24-28-26(35)27(4,29-24)17-7-5-16(6-8-17)23-15(3)9-10-37-23/h5-10,12,14,18-19,22,32H,11,13H2,1-4H3,(H,30,33)(H,28,29,35)/t18-,19-,22-,27+/m1/s1. The normalized spacial score (nSPS) is 24.4. The summed E-state index contributed by atoms with van der Waals surface area (Å²) >= 11 is 1.67. The molecule has 194 valence electrons. The minimum atomic E-state index is -1.16. The summed E-state index contributed by atoms with van der Waals surface area (Å²) in [6.07, 6.45) is -0.515. The quantitative estimate of drug-likeness (QED) is 0.458. The highest BCUT2D eigenvalue weighted by Gasteiger charge is 2.48. The van der Waals surface area contributed by atoms with Gasteiger partial charge >= 0.3 is 0 Å². The van der Waals surface area contributed by atoms with Gasteiger partial charge in [0.25, 0.3) is 11.5 Å². The maximum Gasteiger partial charge on any atom is 0.280 e. The molecular formula is C27H30N4O5S. The molecule has 3 aromatic rings. The Morgan fingerprint density at radius 2 is 1.97 bits per heavy atom. The van der Waals surface area contributed by atoms with Gasteiger partial charge in [-0.3, -0.25) is 14.4 Å². The highest BCUT2D eigenvalue weighted by molar-refractivity contribution is 7.13. The van der Waals surface area contributed by atoms with Crippen molar-refractivity contribution in [1.82, 2.24) is 15.4 Å². The zero-order chi connectivity index (χ0) is 26.5. The number of hydrogen-bond acceptors (Lipinski definition) is 7. The van der Waals surface area contributed by atoms with E-state index in [2.05, 4.69) is 28.8 Å². The number of aliphatic imine (C=N–C) groups is 1. The first-order valence-electron chi connectivity index (χ1n) is 12.3. The second-order valence-corrected chi connectivity index (χ2v) is 11.2. The molecule has 4 atom stereocenters. The highest BCUT2D eigenvalue weighted by atomic mass is 32.1. The molecule has 10 heteroatoms. The number of amidine groups is 1. The van der Waals surface area contributed by atoms with Gasteiger partial charge in [-0.05, 0) is 47.9 Å². The number of aromatic amines is 1. The number of carbonyl (C=O) groups is 2. The summed E-state index contributed by atoms with van der Waals surface area (Å²) in [7, 11) is 0. The van der Waals surface area contributed by atoms with Crippen molar-refractivity contribution in [1.29, 1.82) is 0 Å². The van der Waals surface area contributed by atoms with Crippen molar-refractivity contribution in [3.8, 4) is 10.4 Å². The second-order valence-electron chi connectivity index (χ2n) is 10.3. The van der Waals surface area contributed by atoms with Crippen LogP contribution in [0.1, 0.15) is 50.0 Å². The number of aryl methyl sites for hydroxylation is 1. The van der Waals surface area contributed by atoms with E-state index in [9.17, 15) is 19.5 Å². The SMILES string of the molecule is Cc1ccsc1-c1ccc([C@]2(C)N=C([C@H]3C[C@@H](O)CN3C(=O)[C@@H](c3cc(=O)[nH]o3)C(C)C)NC2=O)cc1. The third-order valence-electron chi connectivity index (χ3n) is 7.26. The lowest BCUT2D eigenvalue weighted by Crippen LogP contribution is -2.48. The van der Waals surface area contributed by atoms with Gasteiger partial charge in [0.2, 0.25) is 5.91 Å². The van der Waals surface area contributed by atoms with Gasteiger partial charge in [-0.15, -0.1) is 11.3 Å². The smallest absolute Gasteiger partial charge is 0.280 e. The minimum Gasteiger partial charge on any atom is -0.391 e. The number of rotatable bonds is 6. The molecule has 2 aromatic heterocycles. The van der Waals surface area contributed by atoms with Crippen LogP contribution in [0.15, 0.2) is 56.1 Å². The van der Waals surface area contributed by atoms with Gasteiger partial charge in [-0.25, -0.2) is 4.99 Å². The fourth-order valence-corrected chi connectivity index (χ4v) is 6.14. The molecule has 0 bridgehead atoms. The zero-order valence-corrected chi connectivity index (χ0v) is 22.0. The number of thiophene rings is 1. The number of likely N-dealkylation sites (tertiary alicyclic amines) is 1. The summed E-state index contributed by atoms with van der Waals surface area (Å²) in [5.41, 5.74) is 1.43. The fourth-order valence-electron chi connectivity index (χ4n) is 5.21. The molecule has 0 unspecified atom stereocenters. The molecule has 2 aliphatic rings. The van der Waals surface area contributed by atoms with E-state index >= 15 is 0 Å². The van der Waals surface area contributed by atoms with Crippen molar-refractivity contribution < 1.29 is 19.2 Å². The van der Waals surface area contributed by atoms with E-state index in [1.807, 2.05) is 38.1 Å². The van der Waals surface area contributed by atoms with Gasteiger partial charge < -0.3 is 19.8 Å². The largest absolute Gasteiger partial charge is 0.391 e. The monoisotopic (exact) mass is 522 g/mol. The van der Waals surface area contributed by atoms with Crippen molar-refractivity contribution >= 4 is 29.0 Å². The number of aliphatic hydroxyl groups excluding tert-OH is 1. The van der Waals surface area contributed by atoms with Crippen LogP contribution in [0.2, 0.25) is 0 Å². The first-order valence-corrected chi connectivity index (χ1v) is 13.2. The molecule has 0 saturated carbocycles. The molecule has 0 spiro atoms. The number of β-amino-alcohol motifs (C(OH)–C–C–N with tert-alkyl or cyclic N) is 1. The van der Waals surface area contributed by atoms with Crippen LogP contribution in [0.4, 0.5) is 0 Å². The number of hydrogen-bond donors (Lipinski definition) is 3. The summed E-state index contributed by atoms with van der Waals surface area (Å²) in [6.45, 7) is 7.65. The highest BCUT2D eigenvalue weighted by Crippen LogP contribution is 2.36. The molecule has 4 heterocycles. The number of H-pyrrole nitrogens is 1. The number of carbonyl (C=O) groups excluding carboxylic acids is 2. The molecule has 1 saturated heterocycles. The zero-order valence-electron chi connectivity index (χ0n) is 21.1. The van der Waals surface area contributed by atoms with Crippen LogP contribution in [-0.2, 0) is 15.1 Å². The lowest BCUT2D eigenvalue weighted by Gasteiger charge is -2.29. The average Bonchev–Trinajstić information content (AvgIpc) is 3.62. The molecule has 3 N–H and O–H groups in total. The minimum absolute atomic E-state index is 0.0990. The predicted octanol–water partition coefficient (Wildman–Crippen LogP) is 3.15. The summed E-state index contributed by atoms with van der Waals surface area (Å²) in [5.74, 6) is -0.860. The number of aliphatic hydroxyl groups is 1. The van der Waals surface area contributed by atoms with Crippen LogP contribution in [0, 0.1) is 12.8 Å². The molecule has 9 nitrogen and oxygen atoms in total. The Bertz CT molecular complexity index is 1420. The maximum atomic E-state index is 13.7. The van der Waals surface area contributed by atoms with Gasteiger partial charge in [-0.2, -0.15) is 5.16 Å². The number of aromatic nitrogens is 1. The van der Waals surface area contributed by atoms with E-state index in [1.54, 1.807) is 18.3 Å². The summed E-state index contributed by atoms with van der Waals surface area (Å²) in [6, 6.07) is 10.6. The van der Waals surface area contributed by atoms with Gasteiger partial charge in [-0.1, -0.05) is 38.1 Å². The van der Waals surface area contributed by atoms with E-state index in [-0.39, 0.29) is 36.5 Å². The average molecular weight is 523 g/mol. The lowest BCUT2D eigenvalue weighted by molar-refractivity contribution is -0.134. The van der Waals surface area contributed by atoms with E-state index < -0.39 is 29.2 Å². The van der Waals surface area contributed by atoms with Gasteiger partial charge in [0.1, 0.15) is 11.8 Å². The Kier molecular flexibility index (Phi) is 6.41. The van der Waals surface area contributed by atoms with E-state index in [1.165, 1.54) is 21.4 Å². The Labute approximate surface area is 218 Å². The van der Waals surface area contributed by atoms with Crippen molar-refractivity contribution in [3.63, 3.8) is 0 Å². The Hall–Kier alpha value is -3.50. The van der Waals surface area contributed by atoms with Crippen LogP contribution >= 0.6 is 11.3 Å². The van der Waals surface area contributed by atoms with Crippen molar-refractivity contribution in [2.45, 2.75) is 57.7 Å². The Morgan fingerprint density at radius 3 is 2.57 bits per heavy atom.